The molecular formula is C30H35NO3. The zero-order valence-electron chi connectivity index (χ0n) is 20.9. The second kappa shape index (κ2) is 15.0. The first-order chi connectivity index (χ1) is 16.5. The first-order valence-corrected chi connectivity index (χ1v) is 11.5. The van der Waals surface area contributed by atoms with Crippen molar-refractivity contribution in [3.63, 3.8) is 0 Å². The fourth-order valence-electron chi connectivity index (χ4n) is 3.34. The summed E-state index contributed by atoms with van der Waals surface area (Å²) in [5, 5.41) is 0. The topological polar surface area (TPSA) is 46.6 Å². The Hall–Kier alpha value is -3.88. The highest BCUT2D eigenvalue weighted by molar-refractivity contribution is 6.17. The van der Waals surface area contributed by atoms with Gasteiger partial charge in [0.25, 0.3) is 5.91 Å². The van der Waals surface area contributed by atoms with E-state index < -0.39 is 5.97 Å². The molecule has 0 radical (unpaired) electrons. The Morgan fingerprint density at radius 1 is 1.03 bits per heavy atom. The number of allylic oxidation sites excluding steroid dienone is 6. The number of hydrogen-bond donors (Lipinski definition) is 0. The van der Waals surface area contributed by atoms with E-state index in [9.17, 15) is 9.59 Å². The van der Waals surface area contributed by atoms with E-state index in [0.29, 0.717) is 41.1 Å². The number of hydrogen-bond acceptors (Lipinski definition) is 3. The molecule has 0 aromatic heterocycles. The van der Waals surface area contributed by atoms with Crippen molar-refractivity contribution in [1.82, 2.24) is 4.90 Å². The highest BCUT2D eigenvalue weighted by atomic mass is 16.5. The molecule has 0 unspecified atom stereocenters. The molecule has 1 aromatic rings. The smallest absolute Gasteiger partial charge is 0.346 e. The van der Waals surface area contributed by atoms with Gasteiger partial charge in [0, 0.05) is 12.0 Å². The van der Waals surface area contributed by atoms with Crippen LogP contribution in [0.2, 0.25) is 0 Å². The van der Waals surface area contributed by atoms with Crippen molar-refractivity contribution < 1.29 is 14.3 Å². The Labute approximate surface area is 204 Å². The van der Waals surface area contributed by atoms with E-state index >= 15 is 0 Å². The van der Waals surface area contributed by atoms with Crippen LogP contribution in [0.15, 0.2) is 120 Å². The van der Waals surface area contributed by atoms with Gasteiger partial charge in [-0.15, -0.1) is 18.9 Å². The van der Waals surface area contributed by atoms with Gasteiger partial charge in [0.1, 0.15) is 11.3 Å². The van der Waals surface area contributed by atoms with Gasteiger partial charge in [-0.25, -0.2) is 4.79 Å². The van der Waals surface area contributed by atoms with Crippen LogP contribution in [-0.4, -0.2) is 16.8 Å². The zero-order chi connectivity index (χ0) is 25.5. The Bertz CT molecular complexity index is 1080. The lowest BCUT2D eigenvalue weighted by atomic mass is 10.0. The highest BCUT2D eigenvalue weighted by Gasteiger charge is 2.46. The molecule has 2 heterocycles. The van der Waals surface area contributed by atoms with Crippen LogP contribution in [-0.2, 0) is 20.9 Å². The minimum Gasteiger partial charge on any atom is -0.426 e. The molecule has 0 bridgehead atoms. The normalized spacial score (nSPS) is 14.2. The van der Waals surface area contributed by atoms with Crippen molar-refractivity contribution in [2.45, 2.75) is 47.6 Å². The number of rotatable bonds is 7. The van der Waals surface area contributed by atoms with Gasteiger partial charge in [0.05, 0.1) is 17.8 Å². The molecule has 0 atom stereocenters. The number of cyclic esters (lactones) is 1. The third kappa shape index (κ3) is 6.81. The summed E-state index contributed by atoms with van der Waals surface area (Å²) in [6.07, 6.45) is 12.9. The maximum atomic E-state index is 13.3. The van der Waals surface area contributed by atoms with Gasteiger partial charge in [0.2, 0.25) is 0 Å². The third-order valence-corrected chi connectivity index (χ3v) is 4.54. The molecule has 1 amide bonds. The summed E-state index contributed by atoms with van der Waals surface area (Å²) < 4.78 is 5.40. The minimum absolute atomic E-state index is 0.239. The van der Waals surface area contributed by atoms with Gasteiger partial charge in [-0.1, -0.05) is 74.6 Å². The standard InChI is InChI=1S/C25H23NO3.C3H6.C2H6/c1-4-7-9-16-19(12-5-2)23-22-21(20(13-6-3)29-25(22)28)24(27)26(23)17-18-14-10-8-11-15-18;1-3-2;1-2/h4-12,14-15H,3,13,17H2,1-2H3;3H,1H2,2H3;1-2H3/b7-4-,12-5-;;. The van der Waals surface area contributed by atoms with Gasteiger partial charge in [-0.2, -0.15) is 0 Å². The molecule has 34 heavy (non-hydrogen) atoms. The third-order valence-electron chi connectivity index (χ3n) is 4.54. The van der Waals surface area contributed by atoms with Crippen LogP contribution in [0.25, 0.3) is 0 Å². The molecule has 4 nitrogen and oxygen atoms in total. The van der Waals surface area contributed by atoms with E-state index in [1.165, 1.54) is 0 Å². The second-order valence-electron chi connectivity index (χ2n) is 6.94. The van der Waals surface area contributed by atoms with Gasteiger partial charge < -0.3 is 9.64 Å². The van der Waals surface area contributed by atoms with Crippen LogP contribution in [0.4, 0.5) is 0 Å². The number of fused-ring (bicyclic) bond motifs is 1. The molecule has 0 aliphatic carbocycles. The Kier molecular flexibility index (Phi) is 12.5. The van der Waals surface area contributed by atoms with Gasteiger partial charge >= 0.3 is 5.97 Å². The lowest BCUT2D eigenvalue weighted by molar-refractivity contribution is -0.133. The quantitative estimate of drug-likeness (QED) is 0.189. The van der Waals surface area contributed by atoms with Crippen LogP contribution in [0.5, 0.6) is 0 Å². The predicted octanol–water partition coefficient (Wildman–Crippen LogP) is 7.12. The zero-order valence-corrected chi connectivity index (χ0v) is 20.9. The van der Waals surface area contributed by atoms with Crippen molar-refractivity contribution in [2.24, 2.45) is 0 Å². The maximum Gasteiger partial charge on any atom is 0.346 e. The van der Waals surface area contributed by atoms with Crippen LogP contribution in [0.3, 0.4) is 0 Å². The first kappa shape index (κ1) is 28.2. The van der Waals surface area contributed by atoms with Crippen molar-refractivity contribution in [2.75, 3.05) is 0 Å². The van der Waals surface area contributed by atoms with E-state index in [4.69, 9.17) is 4.74 Å². The van der Waals surface area contributed by atoms with E-state index in [2.05, 4.69) is 18.9 Å². The number of amides is 1. The van der Waals surface area contributed by atoms with E-state index in [1.54, 1.807) is 23.1 Å². The summed E-state index contributed by atoms with van der Waals surface area (Å²) in [5.41, 5.74) is 5.97. The SMILES string of the molecule is C=CC.C=CCC1=C2C(=O)N(Cc3ccccc3)C(C(=C=C/C=C\C)/C=C\C)=C2C(=O)O1.CC. The number of carbonyl (C=O) groups is 2. The average Bonchev–Trinajstić information content (AvgIpc) is 3.31. The molecule has 0 fully saturated rings. The molecule has 4 heteroatoms. The second-order valence-corrected chi connectivity index (χ2v) is 6.94. The number of esters is 1. The van der Waals surface area contributed by atoms with Crippen molar-refractivity contribution in [3.05, 3.63) is 125 Å². The first-order valence-electron chi connectivity index (χ1n) is 11.5. The fourth-order valence-corrected chi connectivity index (χ4v) is 3.34. The van der Waals surface area contributed by atoms with Crippen molar-refractivity contribution in [1.29, 1.82) is 0 Å². The number of carbonyl (C=O) groups excluding carboxylic acids is 2. The molecule has 3 rings (SSSR count). The highest BCUT2D eigenvalue weighted by Crippen LogP contribution is 2.42. The molecule has 0 N–H and O–H groups in total. The Balaban J connectivity index is 0.00000107. The largest absolute Gasteiger partial charge is 0.426 e. The van der Waals surface area contributed by atoms with E-state index in [1.807, 2.05) is 89.3 Å². The fraction of sp³-hybridized carbons (Fsp3) is 0.233. The molecule has 2 aliphatic rings. The van der Waals surface area contributed by atoms with E-state index in [0.717, 1.165) is 5.56 Å². The molecule has 2 aliphatic heterocycles. The monoisotopic (exact) mass is 457 g/mol. The molecule has 1 aromatic carbocycles. The molecule has 0 saturated carbocycles. The molecule has 178 valence electrons. The lowest BCUT2D eigenvalue weighted by Gasteiger charge is -2.21. The van der Waals surface area contributed by atoms with Gasteiger partial charge in [-0.3, -0.25) is 4.79 Å². The van der Waals surface area contributed by atoms with Crippen molar-refractivity contribution in [3.8, 4) is 0 Å². The molecule has 0 saturated heterocycles. The number of ether oxygens (including phenoxy) is 1. The van der Waals surface area contributed by atoms with Crippen LogP contribution in [0.1, 0.15) is 46.6 Å². The summed E-state index contributed by atoms with van der Waals surface area (Å²) in [6, 6.07) is 9.69. The number of nitrogens with zero attached hydrogens (tertiary/aromatic N) is 1. The predicted molar refractivity (Wildman–Crippen MR) is 140 cm³/mol. The van der Waals surface area contributed by atoms with Gasteiger partial charge in [-0.05, 0) is 38.5 Å². The van der Waals surface area contributed by atoms with Crippen molar-refractivity contribution >= 4 is 11.9 Å². The van der Waals surface area contributed by atoms with Gasteiger partial charge in [0.15, 0.2) is 0 Å². The van der Waals surface area contributed by atoms with Crippen LogP contribution >= 0.6 is 0 Å². The Morgan fingerprint density at radius 3 is 2.24 bits per heavy atom. The summed E-state index contributed by atoms with van der Waals surface area (Å²) in [7, 11) is 0. The maximum absolute atomic E-state index is 13.3. The minimum atomic E-state index is -0.509. The summed E-state index contributed by atoms with van der Waals surface area (Å²) in [6.45, 7) is 17.1. The van der Waals surface area contributed by atoms with E-state index in [-0.39, 0.29) is 5.91 Å². The summed E-state index contributed by atoms with van der Waals surface area (Å²) in [5.74, 6) is -0.391. The average molecular weight is 458 g/mol. The van der Waals surface area contributed by atoms with Crippen LogP contribution < -0.4 is 0 Å². The summed E-state index contributed by atoms with van der Waals surface area (Å²) >= 11 is 0. The van der Waals surface area contributed by atoms with Crippen LogP contribution in [0, 0.1) is 0 Å². The summed E-state index contributed by atoms with van der Waals surface area (Å²) in [4.78, 5) is 27.7. The molecular weight excluding hydrogens is 422 g/mol. The Morgan fingerprint density at radius 2 is 1.68 bits per heavy atom. The lowest BCUT2D eigenvalue weighted by Crippen LogP contribution is -2.27. The molecule has 0 spiro atoms. The number of benzene rings is 1.